The average Bonchev–Trinajstić information content (AvgIpc) is 2.53. The molecule has 1 amide bonds. The van der Waals surface area contributed by atoms with Crippen molar-refractivity contribution in [1.29, 1.82) is 0 Å². The van der Waals surface area contributed by atoms with E-state index in [1.165, 1.54) is 0 Å². The molecule has 2 aromatic carbocycles. The molecule has 0 bridgehead atoms. The number of terminal acetylenes is 1. The van der Waals surface area contributed by atoms with Crippen molar-refractivity contribution in [3.05, 3.63) is 71.8 Å². The number of benzene rings is 2. The monoisotopic (exact) mass is 276 g/mol. The van der Waals surface area contributed by atoms with Crippen molar-refractivity contribution < 1.29 is 4.79 Å². The first-order chi connectivity index (χ1) is 10.2. The van der Waals surface area contributed by atoms with Gasteiger partial charge >= 0.3 is 0 Å². The summed E-state index contributed by atoms with van der Waals surface area (Å²) in [7, 11) is 0. The van der Waals surface area contributed by atoms with E-state index in [-0.39, 0.29) is 6.42 Å². The maximum absolute atomic E-state index is 11.5. The standard InChI is InChI=1S/C18H16N2O/c1-2-9-16(18(19)21)20-17(14-10-5-3-6-11-14)15-12-7-4-8-13-15/h1,3-8,10-13,16H,9H2,(H2,19,21). The lowest BCUT2D eigenvalue weighted by Crippen LogP contribution is -2.28. The third-order valence-corrected chi connectivity index (χ3v) is 3.02. The fourth-order valence-electron chi connectivity index (χ4n) is 1.99. The summed E-state index contributed by atoms with van der Waals surface area (Å²) in [6, 6.07) is 18.6. The van der Waals surface area contributed by atoms with Gasteiger partial charge in [-0.05, 0) is 0 Å². The molecule has 0 saturated carbocycles. The van der Waals surface area contributed by atoms with Crippen LogP contribution in [0.4, 0.5) is 0 Å². The zero-order valence-corrected chi connectivity index (χ0v) is 11.6. The smallest absolute Gasteiger partial charge is 0.243 e. The molecule has 0 aliphatic rings. The van der Waals surface area contributed by atoms with Crippen molar-refractivity contribution in [2.45, 2.75) is 12.5 Å². The summed E-state index contributed by atoms with van der Waals surface area (Å²) in [6.07, 6.45) is 5.49. The maximum atomic E-state index is 11.5. The van der Waals surface area contributed by atoms with E-state index in [9.17, 15) is 4.79 Å². The highest BCUT2D eigenvalue weighted by molar-refractivity contribution is 6.13. The van der Waals surface area contributed by atoms with E-state index < -0.39 is 11.9 Å². The van der Waals surface area contributed by atoms with Gasteiger partial charge in [-0.25, -0.2) is 0 Å². The minimum absolute atomic E-state index is 0.193. The number of hydrogen-bond acceptors (Lipinski definition) is 2. The number of amides is 1. The Hall–Kier alpha value is -2.86. The van der Waals surface area contributed by atoms with Crippen LogP contribution in [-0.4, -0.2) is 17.7 Å². The summed E-state index contributed by atoms with van der Waals surface area (Å²) in [4.78, 5) is 16.0. The Morgan fingerprint density at radius 2 is 1.52 bits per heavy atom. The number of hydrogen-bond donors (Lipinski definition) is 1. The van der Waals surface area contributed by atoms with Crippen LogP contribution in [0.3, 0.4) is 0 Å². The molecule has 2 N–H and O–H groups in total. The Bertz CT molecular complexity index is 628. The van der Waals surface area contributed by atoms with E-state index in [0.29, 0.717) is 0 Å². The lowest BCUT2D eigenvalue weighted by Gasteiger charge is -2.11. The number of nitrogens with two attached hydrogens (primary N) is 1. The lowest BCUT2D eigenvalue weighted by molar-refractivity contribution is -0.119. The Morgan fingerprint density at radius 1 is 1.05 bits per heavy atom. The SMILES string of the molecule is C#CCC(N=C(c1ccccc1)c1ccccc1)C(N)=O. The summed E-state index contributed by atoms with van der Waals surface area (Å²) in [5.41, 5.74) is 7.95. The Kier molecular flexibility index (Phi) is 4.89. The van der Waals surface area contributed by atoms with Crippen LogP contribution < -0.4 is 5.73 Å². The second-order valence-electron chi connectivity index (χ2n) is 4.54. The molecule has 3 nitrogen and oxygen atoms in total. The van der Waals surface area contributed by atoms with Gasteiger partial charge in [-0.3, -0.25) is 9.79 Å². The highest BCUT2D eigenvalue weighted by Gasteiger charge is 2.15. The fourth-order valence-corrected chi connectivity index (χ4v) is 1.99. The second-order valence-corrected chi connectivity index (χ2v) is 4.54. The highest BCUT2D eigenvalue weighted by Crippen LogP contribution is 2.13. The molecule has 2 rings (SSSR count). The first kappa shape index (κ1) is 14.5. The molecule has 1 unspecified atom stereocenters. The zero-order chi connectivity index (χ0) is 15.1. The number of carbonyl (C=O) groups excluding carboxylic acids is 1. The number of carbonyl (C=O) groups is 1. The molecule has 0 aliphatic carbocycles. The molecular formula is C18H16N2O. The van der Waals surface area contributed by atoms with Crippen molar-refractivity contribution in [2.24, 2.45) is 10.7 Å². The first-order valence-electron chi connectivity index (χ1n) is 6.64. The van der Waals surface area contributed by atoms with E-state index in [0.717, 1.165) is 16.8 Å². The van der Waals surface area contributed by atoms with Crippen molar-refractivity contribution in [2.75, 3.05) is 0 Å². The Balaban J connectivity index is 2.51. The van der Waals surface area contributed by atoms with Gasteiger partial charge in [0, 0.05) is 17.5 Å². The first-order valence-corrected chi connectivity index (χ1v) is 6.64. The molecule has 0 saturated heterocycles. The summed E-state index contributed by atoms with van der Waals surface area (Å²) in [6.45, 7) is 0. The number of primary amides is 1. The molecule has 0 fully saturated rings. The summed E-state index contributed by atoms with van der Waals surface area (Å²) in [5, 5.41) is 0. The zero-order valence-electron chi connectivity index (χ0n) is 11.6. The van der Waals surface area contributed by atoms with Gasteiger partial charge < -0.3 is 5.73 Å². The minimum Gasteiger partial charge on any atom is -0.368 e. The molecule has 0 radical (unpaired) electrons. The lowest BCUT2D eigenvalue weighted by atomic mass is 10.0. The van der Waals surface area contributed by atoms with Gasteiger partial charge in [0.05, 0.1) is 5.71 Å². The van der Waals surface area contributed by atoms with Crippen molar-refractivity contribution >= 4 is 11.6 Å². The van der Waals surface area contributed by atoms with Crippen molar-refractivity contribution in [3.8, 4) is 12.3 Å². The van der Waals surface area contributed by atoms with Gasteiger partial charge in [0.25, 0.3) is 0 Å². The van der Waals surface area contributed by atoms with Gasteiger partial charge in [0.15, 0.2) is 0 Å². The summed E-state index contributed by atoms with van der Waals surface area (Å²) in [5.74, 6) is 1.93. The molecule has 104 valence electrons. The summed E-state index contributed by atoms with van der Waals surface area (Å²) < 4.78 is 0. The van der Waals surface area contributed by atoms with Crippen LogP contribution >= 0.6 is 0 Å². The Morgan fingerprint density at radius 3 is 1.90 bits per heavy atom. The fraction of sp³-hybridized carbons (Fsp3) is 0.111. The molecule has 0 heterocycles. The number of nitrogens with zero attached hydrogens (tertiary/aromatic N) is 1. The number of rotatable bonds is 5. The third kappa shape index (κ3) is 3.80. The Labute approximate surface area is 124 Å². The quantitative estimate of drug-likeness (QED) is 0.661. The van der Waals surface area contributed by atoms with Crippen molar-refractivity contribution in [3.63, 3.8) is 0 Å². The second kappa shape index (κ2) is 7.06. The van der Waals surface area contributed by atoms with Crippen LogP contribution in [-0.2, 0) is 4.79 Å². The van der Waals surface area contributed by atoms with Crippen molar-refractivity contribution in [1.82, 2.24) is 0 Å². The van der Waals surface area contributed by atoms with E-state index in [4.69, 9.17) is 12.2 Å². The minimum atomic E-state index is -0.717. The molecule has 2 aromatic rings. The van der Waals surface area contributed by atoms with Gasteiger partial charge in [0.2, 0.25) is 5.91 Å². The van der Waals surface area contributed by atoms with Crippen LogP contribution in [0, 0.1) is 12.3 Å². The van der Waals surface area contributed by atoms with Gasteiger partial charge in [0.1, 0.15) is 6.04 Å². The normalized spacial score (nSPS) is 11.2. The van der Waals surface area contributed by atoms with E-state index in [2.05, 4.69) is 10.9 Å². The highest BCUT2D eigenvalue weighted by atomic mass is 16.1. The largest absolute Gasteiger partial charge is 0.368 e. The summed E-state index contributed by atoms with van der Waals surface area (Å²) >= 11 is 0. The van der Waals surface area contributed by atoms with Crippen LogP contribution in [0.5, 0.6) is 0 Å². The van der Waals surface area contributed by atoms with Crippen LogP contribution in [0.25, 0.3) is 0 Å². The molecule has 3 heteroatoms. The van der Waals surface area contributed by atoms with E-state index in [1.807, 2.05) is 60.7 Å². The molecule has 0 spiro atoms. The van der Waals surface area contributed by atoms with Crippen LogP contribution in [0.1, 0.15) is 17.5 Å². The molecule has 21 heavy (non-hydrogen) atoms. The topological polar surface area (TPSA) is 55.4 Å². The van der Waals surface area contributed by atoms with Crippen LogP contribution in [0.2, 0.25) is 0 Å². The third-order valence-electron chi connectivity index (χ3n) is 3.02. The van der Waals surface area contributed by atoms with E-state index >= 15 is 0 Å². The molecule has 0 aromatic heterocycles. The van der Waals surface area contributed by atoms with Gasteiger partial charge in [-0.1, -0.05) is 60.7 Å². The van der Waals surface area contributed by atoms with Crippen LogP contribution in [0.15, 0.2) is 65.7 Å². The molecule has 1 atom stereocenters. The average molecular weight is 276 g/mol. The number of aliphatic imine (C=N–C) groups is 1. The predicted molar refractivity (Wildman–Crippen MR) is 85.0 cm³/mol. The molecule has 0 aliphatic heterocycles. The maximum Gasteiger partial charge on any atom is 0.243 e. The predicted octanol–water partition coefficient (Wildman–Crippen LogP) is 2.40. The van der Waals surface area contributed by atoms with Gasteiger partial charge in [-0.15, -0.1) is 12.3 Å². The van der Waals surface area contributed by atoms with E-state index in [1.54, 1.807) is 0 Å². The van der Waals surface area contributed by atoms with Gasteiger partial charge in [-0.2, -0.15) is 0 Å². The molecular weight excluding hydrogens is 260 g/mol.